The minimum Gasteiger partial charge on any atom is -0.490 e. The molecular formula is C25H26BrNO4. The third-order valence-electron chi connectivity index (χ3n) is 4.39. The lowest BCUT2D eigenvalue weighted by atomic mass is 10.1. The molecule has 0 saturated carbocycles. The Bertz CT molecular complexity index is 1020. The second-order valence-corrected chi connectivity index (χ2v) is 7.81. The van der Waals surface area contributed by atoms with Gasteiger partial charge in [0.1, 0.15) is 11.5 Å². The first-order chi connectivity index (χ1) is 15.0. The molecule has 1 N–H and O–H groups in total. The fraction of sp³-hybridized carbons (Fsp3) is 0.240. The maximum atomic E-state index is 12.8. The van der Waals surface area contributed by atoms with E-state index in [-0.39, 0.29) is 5.91 Å². The number of hydrogen-bond donors (Lipinski definition) is 1. The third kappa shape index (κ3) is 6.25. The molecule has 0 aliphatic heterocycles. The van der Waals surface area contributed by atoms with Crippen molar-refractivity contribution in [2.24, 2.45) is 0 Å². The molecule has 0 radical (unpaired) electrons. The van der Waals surface area contributed by atoms with Gasteiger partial charge in [0.2, 0.25) is 0 Å². The fourth-order valence-electron chi connectivity index (χ4n) is 2.86. The number of carbonyl (C=O) groups excluding carboxylic acids is 1. The van der Waals surface area contributed by atoms with E-state index in [1.165, 1.54) is 5.56 Å². The maximum Gasteiger partial charge on any atom is 0.255 e. The van der Waals surface area contributed by atoms with Crippen LogP contribution in [0.1, 0.15) is 36.2 Å². The third-order valence-corrected chi connectivity index (χ3v) is 4.98. The Labute approximate surface area is 191 Å². The topological polar surface area (TPSA) is 56.8 Å². The predicted molar refractivity (Wildman–Crippen MR) is 127 cm³/mol. The van der Waals surface area contributed by atoms with Gasteiger partial charge in [0.05, 0.1) is 17.7 Å². The predicted octanol–water partition coefficient (Wildman–Crippen LogP) is 6.99. The average Bonchev–Trinajstić information content (AvgIpc) is 2.76. The van der Waals surface area contributed by atoms with Crippen molar-refractivity contribution >= 4 is 27.5 Å². The molecule has 0 heterocycles. The van der Waals surface area contributed by atoms with Gasteiger partial charge in [0.15, 0.2) is 11.5 Å². The van der Waals surface area contributed by atoms with E-state index in [1.54, 1.807) is 24.3 Å². The molecule has 5 nitrogen and oxygen atoms in total. The number of anilines is 1. The van der Waals surface area contributed by atoms with Crippen molar-refractivity contribution < 1.29 is 19.0 Å². The van der Waals surface area contributed by atoms with Crippen LogP contribution in [0.3, 0.4) is 0 Å². The van der Waals surface area contributed by atoms with Crippen LogP contribution in [0.4, 0.5) is 5.69 Å². The zero-order valence-corrected chi connectivity index (χ0v) is 19.5. The minimum absolute atomic E-state index is 0.240. The zero-order chi connectivity index (χ0) is 22.2. The SMILES string of the molecule is CCCOc1c(Br)cc(C(=O)Nc2ccc(Oc3ccc(C)cc3)cc2)cc1OCC. The zero-order valence-electron chi connectivity index (χ0n) is 17.9. The lowest BCUT2D eigenvalue weighted by Crippen LogP contribution is -2.12. The van der Waals surface area contributed by atoms with Crippen LogP contribution in [0.25, 0.3) is 0 Å². The second kappa shape index (κ2) is 10.9. The molecule has 6 heteroatoms. The van der Waals surface area contributed by atoms with Crippen molar-refractivity contribution in [1.82, 2.24) is 0 Å². The Hall–Kier alpha value is -2.99. The van der Waals surface area contributed by atoms with Crippen LogP contribution in [-0.4, -0.2) is 19.1 Å². The number of aryl methyl sites for hydroxylation is 1. The number of ether oxygens (including phenoxy) is 3. The highest BCUT2D eigenvalue weighted by Crippen LogP contribution is 2.37. The average molecular weight is 484 g/mol. The highest BCUT2D eigenvalue weighted by Gasteiger charge is 2.16. The second-order valence-electron chi connectivity index (χ2n) is 6.96. The molecule has 31 heavy (non-hydrogen) atoms. The van der Waals surface area contributed by atoms with E-state index in [0.29, 0.717) is 46.2 Å². The first kappa shape index (κ1) is 22.7. The molecule has 3 aromatic carbocycles. The maximum absolute atomic E-state index is 12.8. The molecule has 0 fully saturated rings. The molecule has 0 saturated heterocycles. The van der Waals surface area contributed by atoms with Gasteiger partial charge in [-0.15, -0.1) is 0 Å². The number of halogens is 1. The normalized spacial score (nSPS) is 10.5. The van der Waals surface area contributed by atoms with Crippen molar-refractivity contribution in [3.8, 4) is 23.0 Å². The summed E-state index contributed by atoms with van der Waals surface area (Å²) < 4.78 is 18.0. The summed E-state index contributed by atoms with van der Waals surface area (Å²) in [6.45, 7) is 7.00. The molecule has 1 amide bonds. The lowest BCUT2D eigenvalue weighted by molar-refractivity contribution is 0.102. The van der Waals surface area contributed by atoms with E-state index < -0.39 is 0 Å². The molecule has 3 rings (SSSR count). The standard InChI is InChI=1S/C25H26BrNO4/c1-4-14-30-24-22(26)15-18(16-23(24)29-5-2)25(28)27-19-8-12-21(13-9-19)31-20-10-6-17(3)7-11-20/h6-13,15-16H,4-5,14H2,1-3H3,(H,27,28). The van der Waals surface area contributed by atoms with Gasteiger partial charge in [0.25, 0.3) is 5.91 Å². The summed E-state index contributed by atoms with van der Waals surface area (Å²) in [5, 5.41) is 2.90. The number of rotatable bonds is 9. The Morgan fingerprint density at radius 2 is 1.58 bits per heavy atom. The molecule has 0 unspecified atom stereocenters. The van der Waals surface area contributed by atoms with Gasteiger partial charge in [-0.25, -0.2) is 0 Å². The van der Waals surface area contributed by atoms with E-state index in [2.05, 4.69) is 21.2 Å². The van der Waals surface area contributed by atoms with Gasteiger partial charge < -0.3 is 19.5 Å². The van der Waals surface area contributed by atoms with Gasteiger partial charge in [-0.1, -0.05) is 24.6 Å². The molecule has 0 aromatic heterocycles. The lowest BCUT2D eigenvalue weighted by Gasteiger charge is -2.15. The van der Waals surface area contributed by atoms with E-state index in [4.69, 9.17) is 14.2 Å². The van der Waals surface area contributed by atoms with Gasteiger partial charge in [-0.3, -0.25) is 4.79 Å². The Kier molecular flexibility index (Phi) is 7.95. The summed E-state index contributed by atoms with van der Waals surface area (Å²) >= 11 is 3.50. The van der Waals surface area contributed by atoms with Crippen LogP contribution in [0, 0.1) is 6.92 Å². The van der Waals surface area contributed by atoms with Crippen LogP contribution in [0.15, 0.2) is 65.1 Å². The smallest absolute Gasteiger partial charge is 0.255 e. The van der Waals surface area contributed by atoms with Crippen LogP contribution >= 0.6 is 15.9 Å². The Morgan fingerprint density at radius 1 is 0.935 bits per heavy atom. The minimum atomic E-state index is -0.240. The van der Waals surface area contributed by atoms with Crippen molar-refractivity contribution in [1.29, 1.82) is 0 Å². The van der Waals surface area contributed by atoms with Crippen molar-refractivity contribution in [2.75, 3.05) is 18.5 Å². The fourth-order valence-corrected chi connectivity index (χ4v) is 3.41. The van der Waals surface area contributed by atoms with Crippen LogP contribution in [0.5, 0.6) is 23.0 Å². The Morgan fingerprint density at radius 3 is 2.19 bits per heavy atom. The number of carbonyl (C=O) groups is 1. The molecule has 0 bridgehead atoms. The van der Waals surface area contributed by atoms with E-state index in [1.807, 2.05) is 57.2 Å². The number of nitrogens with one attached hydrogen (secondary N) is 1. The van der Waals surface area contributed by atoms with Gasteiger partial charge in [-0.05, 0) is 84.7 Å². The quantitative estimate of drug-likeness (QED) is 0.356. The first-order valence-electron chi connectivity index (χ1n) is 10.2. The molecular weight excluding hydrogens is 458 g/mol. The summed E-state index contributed by atoms with van der Waals surface area (Å²) in [4.78, 5) is 12.8. The number of amides is 1. The molecule has 0 aliphatic carbocycles. The van der Waals surface area contributed by atoms with E-state index in [9.17, 15) is 4.79 Å². The molecule has 3 aromatic rings. The number of hydrogen-bond acceptors (Lipinski definition) is 4. The summed E-state index contributed by atoms with van der Waals surface area (Å²) in [6, 6.07) is 18.5. The van der Waals surface area contributed by atoms with Gasteiger partial charge in [-0.2, -0.15) is 0 Å². The summed E-state index contributed by atoms with van der Waals surface area (Å²) in [5.41, 5.74) is 2.32. The monoisotopic (exact) mass is 483 g/mol. The van der Waals surface area contributed by atoms with Crippen molar-refractivity contribution in [2.45, 2.75) is 27.2 Å². The highest BCUT2D eigenvalue weighted by molar-refractivity contribution is 9.10. The summed E-state index contributed by atoms with van der Waals surface area (Å²) in [6.07, 6.45) is 0.879. The highest BCUT2D eigenvalue weighted by atomic mass is 79.9. The van der Waals surface area contributed by atoms with Crippen molar-refractivity contribution in [3.05, 3.63) is 76.3 Å². The number of benzene rings is 3. The van der Waals surface area contributed by atoms with Crippen LogP contribution < -0.4 is 19.5 Å². The van der Waals surface area contributed by atoms with Crippen molar-refractivity contribution in [3.63, 3.8) is 0 Å². The van der Waals surface area contributed by atoms with Gasteiger partial charge >= 0.3 is 0 Å². The van der Waals surface area contributed by atoms with Gasteiger partial charge in [0, 0.05) is 11.3 Å². The summed E-state index contributed by atoms with van der Waals surface area (Å²) in [7, 11) is 0. The summed E-state index contributed by atoms with van der Waals surface area (Å²) in [5.74, 6) is 2.37. The first-order valence-corrected chi connectivity index (χ1v) is 11.0. The molecule has 162 valence electrons. The largest absolute Gasteiger partial charge is 0.490 e. The molecule has 0 atom stereocenters. The molecule has 0 aliphatic rings. The van der Waals surface area contributed by atoms with E-state index in [0.717, 1.165) is 12.2 Å². The molecule has 0 spiro atoms. The Balaban J connectivity index is 1.71. The van der Waals surface area contributed by atoms with Crippen LogP contribution in [-0.2, 0) is 0 Å². The van der Waals surface area contributed by atoms with E-state index >= 15 is 0 Å². The van der Waals surface area contributed by atoms with Crippen LogP contribution in [0.2, 0.25) is 0 Å².